The summed E-state index contributed by atoms with van der Waals surface area (Å²) in [6, 6.07) is 11.1. The van der Waals surface area contributed by atoms with Crippen LogP contribution in [0.4, 0.5) is 4.39 Å². The van der Waals surface area contributed by atoms with E-state index in [0.717, 1.165) is 16.3 Å². The Balaban J connectivity index is 1.88. The minimum Gasteiger partial charge on any atom is -0.508 e. The fourth-order valence-electron chi connectivity index (χ4n) is 1.99. The van der Waals surface area contributed by atoms with E-state index in [9.17, 15) is 14.3 Å². The number of phenols is 1. The van der Waals surface area contributed by atoms with E-state index in [0.29, 0.717) is 10.6 Å². The van der Waals surface area contributed by atoms with Crippen molar-refractivity contribution in [3.8, 4) is 5.75 Å². The average Bonchev–Trinajstić information content (AvgIpc) is 2.81. The lowest BCUT2D eigenvalue weighted by molar-refractivity contribution is 0.0993. The van der Waals surface area contributed by atoms with E-state index in [-0.39, 0.29) is 18.0 Å². The quantitative estimate of drug-likeness (QED) is 0.749. The predicted molar refractivity (Wildman–Crippen MR) is 75.7 cm³/mol. The van der Waals surface area contributed by atoms with Gasteiger partial charge in [0, 0.05) is 12.5 Å². The van der Waals surface area contributed by atoms with E-state index in [2.05, 4.69) is 4.98 Å². The minimum atomic E-state index is -0.558. The normalized spacial score (nSPS) is 10.8. The van der Waals surface area contributed by atoms with Crippen molar-refractivity contribution < 1.29 is 14.3 Å². The summed E-state index contributed by atoms with van der Waals surface area (Å²) in [5, 5.41) is 9.73. The number of hydrogen-bond acceptors (Lipinski definition) is 4. The van der Waals surface area contributed by atoms with E-state index in [1.54, 1.807) is 0 Å². The van der Waals surface area contributed by atoms with Crippen molar-refractivity contribution in [3.05, 3.63) is 58.9 Å². The van der Waals surface area contributed by atoms with Crippen LogP contribution < -0.4 is 0 Å². The number of benzene rings is 2. The third kappa shape index (κ3) is 2.53. The van der Waals surface area contributed by atoms with Crippen LogP contribution in [0.3, 0.4) is 0 Å². The van der Waals surface area contributed by atoms with Crippen molar-refractivity contribution in [2.45, 2.75) is 6.42 Å². The highest BCUT2D eigenvalue weighted by molar-refractivity contribution is 7.20. The van der Waals surface area contributed by atoms with Crippen molar-refractivity contribution in [3.63, 3.8) is 0 Å². The largest absolute Gasteiger partial charge is 0.508 e. The van der Waals surface area contributed by atoms with Gasteiger partial charge in [0.2, 0.25) is 0 Å². The Hall–Kier alpha value is -2.27. The molecule has 3 rings (SSSR count). The molecule has 5 heteroatoms. The van der Waals surface area contributed by atoms with Crippen molar-refractivity contribution in [1.82, 2.24) is 4.98 Å². The molecule has 20 heavy (non-hydrogen) atoms. The molecule has 1 aromatic heterocycles. The lowest BCUT2D eigenvalue weighted by atomic mass is 10.1. The fraction of sp³-hybridized carbons (Fsp3) is 0.0667. The number of carbonyl (C=O) groups is 1. The summed E-state index contributed by atoms with van der Waals surface area (Å²) >= 11 is 1.32. The molecule has 3 aromatic rings. The number of fused-ring (bicyclic) bond motifs is 1. The summed E-state index contributed by atoms with van der Waals surface area (Å²) in [5.41, 5.74) is 1.22. The SMILES string of the molecule is O=C(Cc1cc(O)cc(F)c1)c1nc2ccccc2s1. The van der Waals surface area contributed by atoms with Gasteiger partial charge in [-0.1, -0.05) is 12.1 Å². The third-order valence-electron chi connectivity index (χ3n) is 2.84. The Labute approximate surface area is 118 Å². The Morgan fingerprint density at radius 1 is 1.25 bits per heavy atom. The number of Topliss-reactive ketones (excluding diaryl/α,β-unsaturated/α-hetero) is 1. The van der Waals surface area contributed by atoms with E-state index >= 15 is 0 Å². The second kappa shape index (κ2) is 5.02. The number of ketones is 1. The van der Waals surface area contributed by atoms with Gasteiger partial charge in [-0.25, -0.2) is 9.37 Å². The molecule has 1 N–H and O–H groups in total. The number of para-hydroxylation sites is 1. The Morgan fingerprint density at radius 3 is 2.80 bits per heavy atom. The van der Waals surface area contributed by atoms with Crippen LogP contribution in [-0.4, -0.2) is 15.9 Å². The van der Waals surface area contributed by atoms with Crippen LogP contribution in [0.15, 0.2) is 42.5 Å². The Kier molecular flexibility index (Phi) is 3.20. The summed E-state index contributed by atoms with van der Waals surface area (Å²) in [6.45, 7) is 0. The maximum absolute atomic E-state index is 13.2. The predicted octanol–water partition coefficient (Wildman–Crippen LogP) is 3.57. The molecule has 2 aromatic carbocycles. The zero-order valence-corrected chi connectivity index (χ0v) is 11.2. The number of rotatable bonds is 3. The smallest absolute Gasteiger partial charge is 0.195 e. The van der Waals surface area contributed by atoms with Gasteiger partial charge in [0.15, 0.2) is 10.8 Å². The first-order valence-electron chi connectivity index (χ1n) is 5.99. The number of aromatic hydroxyl groups is 1. The first-order chi connectivity index (χ1) is 9.61. The summed E-state index contributed by atoms with van der Waals surface area (Å²) in [5.74, 6) is -0.926. The molecule has 0 spiro atoms. The Morgan fingerprint density at radius 2 is 2.05 bits per heavy atom. The lowest BCUT2D eigenvalue weighted by Gasteiger charge is -2.00. The molecule has 0 fully saturated rings. The van der Waals surface area contributed by atoms with Gasteiger partial charge >= 0.3 is 0 Å². The summed E-state index contributed by atoms with van der Waals surface area (Å²) in [6.07, 6.45) is 0.0190. The Bertz CT molecular complexity index is 744. The topological polar surface area (TPSA) is 50.2 Å². The number of halogens is 1. The van der Waals surface area contributed by atoms with E-state index in [4.69, 9.17) is 0 Å². The van der Waals surface area contributed by atoms with Crippen LogP contribution in [0.2, 0.25) is 0 Å². The molecule has 0 aliphatic carbocycles. The minimum absolute atomic E-state index is 0.0190. The van der Waals surface area contributed by atoms with Crippen LogP contribution in [0.25, 0.3) is 10.2 Å². The molecule has 100 valence electrons. The van der Waals surface area contributed by atoms with Crippen LogP contribution in [-0.2, 0) is 6.42 Å². The first kappa shape index (κ1) is 12.7. The van der Waals surface area contributed by atoms with Gasteiger partial charge in [-0.3, -0.25) is 4.79 Å². The number of nitrogens with zero attached hydrogens (tertiary/aromatic N) is 1. The van der Waals surface area contributed by atoms with Crippen LogP contribution in [0.5, 0.6) is 5.75 Å². The molecule has 0 unspecified atom stereocenters. The first-order valence-corrected chi connectivity index (χ1v) is 6.81. The van der Waals surface area contributed by atoms with Crippen LogP contribution >= 0.6 is 11.3 Å². The van der Waals surface area contributed by atoms with E-state index in [1.807, 2.05) is 24.3 Å². The summed E-state index contributed by atoms with van der Waals surface area (Å²) in [7, 11) is 0. The molecule has 3 nitrogen and oxygen atoms in total. The van der Waals surface area contributed by atoms with Gasteiger partial charge in [-0.15, -0.1) is 11.3 Å². The van der Waals surface area contributed by atoms with Gasteiger partial charge in [0.1, 0.15) is 11.6 Å². The zero-order valence-electron chi connectivity index (χ0n) is 10.3. The van der Waals surface area contributed by atoms with Crippen molar-refractivity contribution in [1.29, 1.82) is 0 Å². The average molecular weight is 287 g/mol. The molecule has 0 radical (unpaired) electrons. The van der Waals surface area contributed by atoms with Crippen LogP contribution in [0.1, 0.15) is 15.4 Å². The molecule has 0 saturated heterocycles. The van der Waals surface area contributed by atoms with Gasteiger partial charge in [-0.05, 0) is 29.8 Å². The fourth-order valence-corrected chi connectivity index (χ4v) is 2.89. The van der Waals surface area contributed by atoms with E-state index in [1.165, 1.54) is 23.5 Å². The maximum Gasteiger partial charge on any atom is 0.195 e. The highest BCUT2D eigenvalue weighted by atomic mass is 32.1. The number of thiazole rings is 1. The van der Waals surface area contributed by atoms with Gasteiger partial charge in [0.25, 0.3) is 0 Å². The van der Waals surface area contributed by atoms with Gasteiger partial charge < -0.3 is 5.11 Å². The number of phenolic OH excluding ortho intramolecular Hbond substituents is 1. The standard InChI is InChI=1S/C15H10FNO2S/c16-10-5-9(6-11(18)8-10)7-13(19)15-17-12-3-1-2-4-14(12)20-15/h1-6,8,18H,7H2. The second-order valence-corrected chi connectivity index (χ2v) is 5.44. The number of carbonyl (C=O) groups excluding carboxylic acids is 1. The van der Waals surface area contributed by atoms with Crippen molar-refractivity contribution >= 4 is 27.3 Å². The van der Waals surface area contributed by atoms with Crippen LogP contribution in [0, 0.1) is 5.82 Å². The molecule has 0 amide bonds. The summed E-state index contributed by atoms with van der Waals surface area (Å²) < 4.78 is 14.1. The molecule has 0 aliphatic rings. The van der Waals surface area contributed by atoms with Crippen molar-refractivity contribution in [2.24, 2.45) is 0 Å². The molecule has 0 aliphatic heterocycles. The highest BCUT2D eigenvalue weighted by Gasteiger charge is 2.13. The maximum atomic E-state index is 13.2. The molecular formula is C15H10FNO2S. The zero-order chi connectivity index (χ0) is 14.1. The number of aromatic nitrogens is 1. The lowest BCUT2D eigenvalue weighted by Crippen LogP contribution is -2.03. The highest BCUT2D eigenvalue weighted by Crippen LogP contribution is 2.23. The number of hydrogen-bond donors (Lipinski definition) is 1. The molecule has 0 atom stereocenters. The third-order valence-corrected chi connectivity index (χ3v) is 3.92. The van der Waals surface area contributed by atoms with E-state index < -0.39 is 5.82 Å². The monoisotopic (exact) mass is 287 g/mol. The second-order valence-electron chi connectivity index (χ2n) is 4.40. The van der Waals surface area contributed by atoms with Gasteiger partial charge in [-0.2, -0.15) is 0 Å². The van der Waals surface area contributed by atoms with Crippen molar-refractivity contribution in [2.75, 3.05) is 0 Å². The van der Waals surface area contributed by atoms with Gasteiger partial charge in [0.05, 0.1) is 10.2 Å². The molecular weight excluding hydrogens is 277 g/mol. The summed E-state index contributed by atoms with van der Waals surface area (Å²) in [4.78, 5) is 16.4. The molecule has 0 saturated carbocycles. The molecule has 0 bridgehead atoms. The molecule has 1 heterocycles.